The van der Waals surface area contributed by atoms with E-state index in [1.807, 2.05) is 18.2 Å². The summed E-state index contributed by atoms with van der Waals surface area (Å²) < 4.78 is 5.37. The molecule has 1 saturated heterocycles. The van der Waals surface area contributed by atoms with Gasteiger partial charge in [-0.25, -0.2) is 5.43 Å². The van der Waals surface area contributed by atoms with Gasteiger partial charge in [0.2, 0.25) is 0 Å². The van der Waals surface area contributed by atoms with E-state index >= 15 is 0 Å². The van der Waals surface area contributed by atoms with E-state index in [-0.39, 0.29) is 6.17 Å². The molecule has 2 aromatic carbocycles. The normalized spacial score (nSPS) is 19.1. The number of nitrogens with zero attached hydrogens (tertiary/aromatic N) is 1. The zero-order chi connectivity index (χ0) is 15.1. The number of hydrazine groups is 1. The third-order valence-corrected chi connectivity index (χ3v) is 4.29. The van der Waals surface area contributed by atoms with Gasteiger partial charge in [0.1, 0.15) is 11.9 Å². The molecule has 0 amide bonds. The van der Waals surface area contributed by atoms with Crippen molar-refractivity contribution < 1.29 is 4.74 Å². The zero-order valence-corrected chi connectivity index (χ0v) is 12.9. The summed E-state index contributed by atoms with van der Waals surface area (Å²) in [5.41, 5.74) is 10.8. The van der Waals surface area contributed by atoms with E-state index in [1.165, 1.54) is 11.1 Å². The molecule has 5 heteroatoms. The van der Waals surface area contributed by atoms with Crippen LogP contribution in [0.5, 0.6) is 5.75 Å². The number of hydrogen-bond donors (Lipinski definition) is 2. The van der Waals surface area contributed by atoms with Crippen LogP contribution in [0.4, 0.5) is 5.69 Å². The van der Waals surface area contributed by atoms with E-state index in [0.29, 0.717) is 5.11 Å². The third-order valence-electron chi connectivity index (χ3n) is 3.99. The summed E-state index contributed by atoms with van der Waals surface area (Å²) in [6.45, 7) is 0. The van der Waals surface area contributed by atoms with Gasteiger partial charge in [-0.1, -0.05) is 30.3 Å². The van der Waals surface area contributed by atoms with Crippen LogP contribution >= 0.6 is 12.2 Å². The number of rotatable bonds is 2. The van der Waals surface area contributed by atoms with Gasteiger partial charge in [-0.15, -0.1) is 0 Å². The fraction of sp³-hybridized carbons (Fsp3) is 0.118. The smallest absolute Gasteiger partial charge is 0.189 e. The zero-order valence-electron chi connectivity index (χ0n) is 12.0. The molecule has 2 heterocycles. The molecule has 2 N–H and O–H groups in total. The van der Waals surface area contributed by atoms with Crippen molar-refractivity contribution in [3.8, 4) is 5.75 Å². The molecule has 2 aliphatic rings. The van der Waals surface area contributed by atoms with Crippen molar-refractivity contribution in [1.29, 1.82) is 0 Å². The van der Waals surface area contributed by atoms with Gasteiger partial charge in [0.05, 0.1) is 12.8 Å². The molecular formula is C17H15N3OS. The number of thiocarbonyl (C=S) groups is 1. The Bertz CT molecular complexity index is 773. The molecule has 110 valence electrons. The molecule has 0 aromatic heterocycles. The summed E-state index contributed by atoms with van der Waals surface area (Å²) in [6, 6.07) is 16.5. The lowest BCUT2D eigenvalue weighted by atomic mass is 9.92. The van der Waals surface area contributed by atoms with Crippen molar-refractivity contribution in [3.05, 3.63) is 65.7 Å². The van der Waals surface area contributed by atoms with Crippen LogP contribution in [0.1, 0.15) is 11.1 Å². The number of methoxy groups -OCH3 is 1. The van der Waals surface area contributed by atoms with E-state index < -0.39 is 0 Å². The first-order valence-electron chi connectivity index (χ1n) is 7.08. The van der Waals surface area contributed by atoms with Gasteiger partial charge in [-0.05, 0) is 41.6 Å². The maximum atomic E-state index is 5.41. The van der Waals surface area contributed by atoms with Crippen molar-refractivity contribution in [2.24, 2.45) is 0 Å². The number of ether oxygens (including phenoxy) is 1. The summed E-state index contributed by atoms with van der Waals surface area (Å²) in [6.07, 6.45) is 2.19. The molecule has 22 heavy (non-hydrogen) atoms. The molecule has 4 nitrogen and oxygen atoms in total. The lowest BCUT2D eigenvalue weighted by molar-refractivity contribution is 0.415. The molecule has 0 bridgehead atoms. The Morgan fingerprint density at radius 2 is 1.95 bits per heavy atom. The van der Waals surface area contributed by atoms with E-state index in [0.717, 1.165) is 17.0 Å². The highest BCUT2D eigenvalue weighted by molar-refractivity contribution is 7.80. The molecule has 4 rings (SSSR count). The lowest BCUT2D eigenvalue weighted by Gasteiger charge is -2.31. The standard InChI is InChI=1S/C17H15N3OS/c1-21-12-7-8-13-14(11-5-3-2-4-6-11)10-16-18-19-17(22)20(16)15(13)9-12/h2-10,16,18H,1H3,(H,19,22)/t16-/m0/s1. The monoisotopic (exact) mass is 309 g/mol. The van der Waals surface area contributed by atoms with Crippen LogP contribution in [0, 0.1) is 0 Å². The highest BCUT2D eigenvalue weighted by atomic mass is 32.1. The first-order valence-corrected chi connectivity index (χ1v) is 7.49. The highest BCUT2D eigenvalue weighted by Crippen LogP contribution is 2.40. The van der Waals surface area contributed by atoms with Gasteiger partial charge in [0.15, 0.2) is 5.11 Å². The summed E-state index contributed by atoms with van der Waals surface area (Å²) in [5.74, 6) is 0.821. The Hall–Kier alpha value is -2.37. The first kappa shape index (κ1) is 13.3. The van der Waals surface area contributed by atoms with Gasteiger partial charge in [0, 0.05) is 11.6 Å². The molecule has 0 spiro atoms. The average molecular weight is 309 g/mol. The highest BCUT2D eigenvalue weighted by Gasteiger charge is 2.34. The Balaban J connectivity index is 1.92. The van der Waals surface area contributed by atoms with Crippen molar-refractivity contribution in [2.75, 3.05) is 12.0 Å². The molecule has 2 aromatic rings. The second-order valence-corrected chi connectivity index (χ2v) is 5.61. The van der Waals surface area contributed by atoms with Gasteiger partial charge < -0.3 is 4.74 Å². The Labute approximate surface area is 134 Å². The lowest BCUT2D eigenvalue weighted by Crippen LogP contribution is -2.38. The number of fused-ring (bicyclic) bond motifs is 3. The summed E-state index contributed by atoms with van der Waals surface area (Å²) in [4.78, 5) is 2.07. The number of hydrogen-bond acceptors (Lipinski definition) is 3. The van der Waals surface area contributed by atoms with Crippen LogP contribution in [0.3, 0.4) is 0 Å². The van der Waals surface area contributed by atoms with Crippen LogP contribution in [0.25, 0.3) is 5.57 Å². The maximum absolute atomic E-state index is 5.41. The largest absolute Gasteiger partial charge is 0.497 e. The number of benzene rings is 2. The Morgan fingerprint density at radius 1 is 1.14 bits per heavy atom. The van der Waals surface area contributed by atoms with E-state index in [1.54, 1.807) is 7.11 Å². The summed E-state index contributed by atoms with van der Waals surface area (Å²) >= 11 is 5.41. The van der Waals surface area contributed by atoms with Crippen LogP contribution in [-0.4, -0.2) is 18.4 Å². The Kier molecular flexibility index (Phi) is 3.10. The molecule has 2 aliphatic heterocycles. The summed E-state index contributed by atoms with van der Waals surface area (Å²) in [7, 11) is 1.68. The quantitative estimate of drug-likeness (QED) is 0.834. The van der Waals surface area contributed by atoms with Crippen LogP contribution in [0.2, 0.25) is 0 Å². The minimum Gasteiger partial charge on any atom is -0.497 e. The second kappa shape index (κ2) is 5.12. The van der Waals surface area contributed by atoms with Gasteiger partial charge in [0.25, 0.3) is 0 Å². The van der Waals surface area contributed by atoms with Gasteiger partial charge in [-0.2, -0.15) is 0 Å². The first-order chi connectivity index (χ1) is 10.8. The predicted octanol–water partition coefficient (Wildman–Crippen LogP) is 2.67. The molecule has 1 atom stereocenters. The minimum absolute atomic E-state index is 0.00214. The van der Waals surface area contributed by atoms with Crippen molar-refractivity contribution in [2.45, 2.75) is 6.17 Å². The SMILES string of the molecule is COc1ccc2c(c1)N1C(=S)NN[C@@H]1C=C2c1ccccc1. The van der Waals surface area contributed by atoms with E-state index in [9.17, 15) is 0 Å². The summed E-state index contributed by atoms with van der Waals surface area (Å²) in [5, 5.41) is 0.669. The number of nitrogens with one attached hydrogen (secondary N) is 2. The average Bonchev–Trinajstić information content (AvgIpc) is 2.95. The van der Waals surface area contributed by atoms with Crippen molar-refractivity contribution in [3.63, 3.8) is 0 Å². The molecule has 1 fully saturated rings. The van der Waals surface area contributed by atoms with Gasteiger partial charge >= 0.3 is 0 Å². The van der Waals surface area contributed by atoms with E-state index in [2.05, 4.69) is 52.2 Å². The van der Waals surface area contributed by atoms with Crippen LogP contribution in [-0.2, 0) is 0 Å². The molecule has 0 unspecified atom stereocenters. The number of anilines is 1. The second-order valence-electron chi connectivity index (χ2n) is 5.22. The van der Waals surface area contributed by atoms with E-state index in [4.69, 9.17) is 17.0 Å². The van der Waals surface area contributed by atoms with Gasteiger partial charge in [-0.3, -0.25) is 10.3 Å². The topological polar surface area (TPSA) is 36.5 Å². The predicted molar refractivity (Wildman–Crippen MR) is 91.7 cm³/mol. The van der Waals surface area contributed by atoms with Crippen LogP contribution in [0.15, 0.2) is 54.6 Å². The minimum atomic E-state index is 0.00214. The maximum Gasteiger partial charge on any atom is 0.189 e. The fourth-order valence-electron chi connectivity index (χ4n) is 2.94. The molecule has 0 saturated carbocycles. The molecule has 0 aliphatic carbocycles. The Morgan fingerprint density at radius 3 is 2.73 bits per heavy atom. The molecule has 0 radical (unpaired) electrons. The van der Waals surface area contributed by atoms with Crippen molar-refractivity contribution >= 4 is 28.6 Å². The third kappa shape index (κ3) is 1.98. The van der Waals surface area contributed by atoms with Crippen LogP contribution < -0.4 is 20.5 Å². The molecular weight excluding hydrogens is 294 g/mol. The fourth-order valence-corrected chi connectivity index (χ4v) is 3.22. The van der Waals surface area contributed by atoms with Crippen molar-refractivity contribution in [1.82, 2.24) is 10.9 Å².